The number of carbonyl (C=O) groups is 4. The average Bonchev–Trinajstić information content (AvgIpc) is 3.67. The van der Waals surface area contributed by atoms with Crippen LogP contribution in [0.25, 0.3) is 0 Å². The van der Waals surface area contributed by atoms with E-state index in [0.29, 0.717) is 17.9 Å². The van der Waals surface area contributed by atoms with Gasteiger partial charge in [0.2, 0.25) is 5.91 Å². The molecule has 1 aliphatic carbocycles. The fourth-order valence-electron chi connectivity index (χ4n) is 4.02. The molecule has 3 aromatic rings. The molecule has 10 nitrogen and oxygen atoms in total. The number of aromatic nitrogens is 1. The molecular formula is C28H27BrFN5O5. The molecule has 0 saturated heterocycles. The predicted octanol–water partition coefficient (Wildman–Crippen LogP) is 4.76. The van der Waals surface area contributed by atoms with Gasteiger partial charge < -0.3 is 21.1 Å². The zero-order valence-corrected chi connectivity index (χ0v) is 23.3. The number of rotatable bonds is 9. The Hall–Kier alpha value is -4.16. The minimum absolute atomic E-state index is 0.0288. The van der Waals surface area contributed by atoms with E-state index in [1.54, 1.807) is 25.1 Å². The minimum Gasteiger partial charge on any atom is -0.422 e. The first-order chi connectivity index (χ1) is 19.1. The molecule has 0 bridgehead atoms. The quantitative estimate of drug-likeness (QED) is 0.155. The van der Waals surface area contributed by atoms with Crippen molar-refractivity contribution in [1.29, 1.82) is 0 Å². The molecule has 5 N–H and O–H groups in total. The van der Waals surface area contributed by atoms with Crippen molar-refractivity contribution in [2.24, 2.45) is 5.73 Å². The smallest absolute Gasteiger partial charge is 0.343 e. The van der Waals surface area contributed by atoms with Gasteiger partial charge in [-0.3, -0.25) is 14.9 Å². The molecule has 1 heterocycles. The molecule has 1 aromatic heterocycles. The minimum atomic E-state index is -0.849. The van der Waals surface area contributed by atoms with Crippen molar-refractivity contribution in [3.8, 4) is 5.75 Å². The number of halogens is 2. The van der Waals surface area contributed by atoms with Crippen LogP contribution in [-0.4, -0.2) is 40.8 Å². The molecule has 0 radical (unpaired) electrons. The third kappa shape index (κ3) is 6.88. The second-order valence-corrected chi connectivity index (χ2v) is 10.2. The summed E-state index contributed by atoms with van der Waals surface area (Å²) in [5.74, 6) is -2.70. The maximum atomic E-state index is 15.2. The lowest BCUT2D eigenvalue weighted by molar-refractivity contribution is -0.117. The van der Waals surface area contributed by atoms with Crippen LogP contribution in [0.1, 0.15) is 58.9 Å². The molecular weight excluding hydrogens is 585 g/mol. The monoisotopic (exact) mass is 611 g/mol. The van der Waals surface area contributed by atoms with Crippen molar-refractivity contribution < 1.29 is 28.3 Å². The maximum absolute atomic E-state index is 15.2. The number of ether oxygens (including phenoxy) is 1. The van der Waals surface area contributed by atoms with Crippen molar-refractivity contribution in [2.45, 2.75) is 44.7 Å². The Kier molecular flexibility index (Phi) is 8.90. The maximum Gasteiger partial charge on any atom is 0.343 e. The van der Waals surface area contributed by atoms with E-state index in [4.69, 9.17) is 10.5 Å². The molecule has 208 valence electrons. The third-order valence-corrected chi connectivity index (χ3v) is 6.65. The Morgan fingerprint density at radius 3 is 2.60 bits per heavy atom. The van der Waals surface area contributed by atoms with Gasteiger partial charge in [0.25, 0.3) is 0 Å². The molecule has 1 fully saturated rings. The summed E-state index contributed by atoms with van der Waals surface area (Å²) in [6.07, 6.45) is 2.00. The molecule has 4 rings (SSSR count). The van der Waals surface area contributed by atoms with Gasteiger partial charge in [0.15, 0.2) is 5.78 Å². The van der Waals surface area contributed by atoms with Gasteiger partial charge in [-0.25, -0.2) is 19.0 Å². The van der Waals surface area contributed by atoms with Gasteiger partial charge in [0, 0.05) is 40.3 Å². The molecule has 2 aromatic carbocycles. The molecule has 3 atom stereocenters. The number of pyridine rings is 1. The highest BCUT2D eigenvalue weighted by Gasteiger charge is 2.44. The number of hydrogen-bond acceptors (Lipinski definition) is 7. The lowest BCUT2D eigenvalue weighted by atomic mass is 9.99. The molecule has 0 aliphatic heterocycles. The molecule has 1 aliphatic rings. The summed E-state index contributed by atoms with van der Waals surface area (Å²) in [7, 11) is 0. The fourth-order valence-corrected chi connectivity index (χ4v) is 4.25. The largest absolute Gasteiger partial charge is 0.422 e. The zero-order valence-electron chi connectivity index (χ0n) is 21.7. The van der Waals surface area contributed by atoms with Gasteiger partial charge in [-0.1, -0.05) is 13.0 Å². The van der Waals surface area contributed by atoms with Crippen LogP contribution < -0.4 is 26.4 Å². The van der Waals surface area contributed by atoms with Crippen molar-refractivity contribution >= 4 is 51.1 Å². The predicted molar refractivity (Wildman–Crippen MR) is 150 cm³/mol. The van der Waals surface area contributed by atoms with E-state index in [2.05, 4.69) is 36.9 Å². The molecule has 0 unspecified atom stereocenters. The number of nitrogens with zero attached hydrogens (tertiary/aromatic N) is 1. The Morgan fingerprint density at radius 1 is 1.15 bits per heavy atom. The van der Waals surface area contributed by atoms with Gasteiger partial charge in [0.05, 0.1) is 17.2 Å². The van der Waals surface area contributed by atoms with Crippen molar-refractivity contribution in [3.05, 3.63) is 81.7 Å². The highest BCUT2D eigenvalue weighted by molar-refractivity contribution is 9.10. The SMILES string of the molecule is CCC(=O)c1ccc(F)c([C@@H]2C[C@@H]2NC(=O)Nc2ccc(Br)cn2)c1OC(=O)c1cccc(NC(=O)[C@H](C)N)c1. The van der Waals surface area contributed by atoms with Crippen LogP contribution in [0.3, 0.4) is 0 Å². The van der Waals surface area contributed by atoms with E-state index in [9.17, 15) is 19.2 Å². The normalized spacial score (nSPS) is 16.4. The summed E-state index contributed by atoms with van der Waals surface area (Å²) in [5, 5.41) is 7.96. The number of esters is 1. The molecule has 0 spiro atoms. The lowest BCUT2D eigenvalue weighted by Crippen LogP contribution is -2.32. The summed E-state index contributed by atoms with van der Waals surface area (Å²) < 4.78 is 21.6. The summed E-state index contributed by atoms with van der Waals surface area (Å²) >= 11 is 3.27. The highest BCUT2D eigenvalue weighted by Crippen LogP contribution is 2.47. The summed E-state index contributed by atoms with van der Waals surface area (Å²) in [6.45, 7) is 3.16. The van der Waals surface area contributed by atoms with Crippen LogP contribution >= 0.6 is 15.9 Å². The number of anilines is 2. The number of amides is 3. The van der Waals surface area contributed by atoms with Crippen molar-refractivity contribution in [2.75, 3.05) is 10.6 Å². The topological polar surface area (TPSA) is 153 Å². The summed E-state index contributed by atoms with van der Waals surface area (Å²) in [4.78, 5) is 54.4. The summed E-state index contributed by atoms with van der Waals surface area (Å²) in [5.41, 5.74) is 6.06. The van der Waals surface area contributed by atoms with Gasteiger partial charge in [-0.05, 0) is 71.7 Å². The molecule has 40 heavy (non-hydrogen) atoms. The van der Waals surface area contributed by atoms with Gasteiger partial charge in [-0.15, -0.1) is 0 Å². The Morgan fingerprint density at radius 2 is 1.93 bits per heavy atom. The van der Waals surface area contributed by atoms with E-state index in [1.165, 1.54) is 37.4 Å². The van der Waals surface area contributed by atoms with E-state index < -0.39 is 41.7 Å². The number of hydrogen-bond donors (Lipinski definition) is 4. The molecule has 12 heteroatoms. The molecule has 1 saturated carbocycles. The van der Waals surface area contributed by atoms with Crippen molar-refractivity contribution in [1.82, 2.24) is 10.3 Å². The van der Waals surface area contributed by atoms with Crippen LogP contribution in [0, 0.1) is 5.82 Å². The van der Waals surface area contributed by atoms with Crippen molar-refractivity contribution in [3.63, 3.8) is 0 Å². The standard InChI is InChI=1S/C28H27BrFN5O5/c1-3-22(36)18-8-9-20(30)24(19-12-21(19)34-28(39)35-23-10-7-16(29)13-32-23)25(18)40-27(38)15-5-4-6-17(11-15)33-26(37)14(2)31/h4-11,13-14,19,21H,3,12,31H2,1-2H3,(H,33,37)(H2,32,34,35,39)/t14-,19+,21-/m0/s1. The number of benzene rings is 2. The Labute approximate surface area is 238 Å². The van der Waals surface area contributed by atoms with Crippen LogP contribution in [0.5, 0.6) is 5.75 Å². The second kappa shape index (κ2) is 12.3. The van der Waals surface area contributed by atoms with Crippen LogP contribution in [-0.2, 0) is 4.79 Å². The number of urea groups is 1. The lowest BCUT2D eigenvalue weighted by Gasteiger charge is -2.16. The average molecular weight is 612 g/mol. The van der Waals surface area contributed by atoms with E-state index in [1.807, 2.05) is 0 Å². The molecule has 3 amide bonds. The first-order valence-electron chi connectivity index (χ1n) is 12.5. The van der Waals surface area contributed by atoms with Crippen LogP contribution in [0.2, 0.25) is 0 Å². The number of carbonyl (C=O) groups excluding carboxylic acids is 4. The van der Waals surface area contributed by atoms with Gasteiger partial charge in [0.1, 0.15) is 17.4 Å². The van der Waals surface area contributed by atoms with Gasteiger partial charge in [-0.2, -0.15) is 0 Å². The first kappa shape index (κ1) is 28.8. The van der Waals surface area contributed by atoms with Crippen LogP contribution in [0.15, 0.2) is 59.2 Å². The van der Waals surface area contributed by atoms with E-state index in [0.717, 1.165) is 10.5 Å². The second-order valence-electron chi connectivity index (χ2n) is 9.27. The Balaban J connectivity index is 1.56. The van der Waals surface area contributed by atoms with Gasteiger partial charge >= 0.3 is 12.0 Å². The first-order valence-corrected chi connectivity index (χ1v) is 13.3. The van der Waals surface area contributed by atoms with Crippen LogP contribution in [0.4, 0.5) is 20.7 Å². The third-order valence-electron chi connectivity index (χ3n) is 6.19. The number of nitrogens with one attached hydrogen (secondary N) is 3. The fraction of sp³-hybridized carbons (Fsp3) is 0.250. The number of ketones is 1. The highest BCUT2D eigenvalue weighted by atomic mass is 79.9. The zero-order chi connectivity index (χ0) is 29.0. The number of Topliss-reactive ketones (excluding diaryl/α,β-unsaturated/α-hetero) is 1. The van der Waals surface area contributed by atoms with E-state index in [-0.39, 0.29) is 34.6 Å². The summed E-state index contributed by atoms with van der Waals surface area (Å²) in [6, 6.07) is 9.98. The number of nitrogens with two attached hydrogens (primary N) is 1. The van der Waals surface area contributed by atoms with E-state index >= 15 is 4.39 Å². The Bertz CT molecular complexity index is 1460.